The summed E-state index contributed by atoms with van der Waals surface area (Å²) in [5.41, 5.74) is 0.298. The number of carbonyl (C=O) groups is 1. The van der Waals surface area contributed by atoms with Crippen LogP contribution in [-0.4, -0.2) is 89.6 Å². The highest BCUT2D eigenvalue weighted by molar-refractivity contribution is 7.90. The highest BCUT2D eigenvalue weighted by atomic mass is 35.5. The average Bonchev–Trinajstić information content (AvgIpc) is 3.80. The normalized spacial score (nSPS) is 12.2. The lowest BCUT2D eigenvalue weighted by molar-refractivity contribution is 0.256. The predicted molar refractivity (Wildman–Crippen MR) is 181 cm³/mol. The number of hydrogen-bond donors (Lipinski definition) is 2. The maximum absolute atomic E-state index is 12.8. The Bertz CT molecular complexity index is 2270. The van der Waals surface area contributed by atoms with E-state index in [0.29, 0.717) is 28.0 Å². The monoisotopic (exact) mass is 761 g/mol. The van der Waals surface area contributed by atoms with E-state index in [4.69, 9.17) is 43.8 Å². The van der Waals surface area contributed by atoms with Gasteiger partial charge in [0.2, 0.25) is 23.5 Å². The molecule has 0 fully saturated rings. The van der Waals surface area contributed by atoms with Gasteiger partial charge in [0.15, 0.2) is 5.03 Å². The predicted octanol–water partition coefficient (Wildman–Crippen LogP) is 1.62. The number of benzene rings is 1. The van der Waals surface area contributed by atoms with Gasteiger partial charge in [0.25, 0.3) is 10.0 Å². The molecule has 0 unspecified atom stereocenters. The van der Waals surface area contributed by atoms with E-state index in [2.05, 4.69) is 46.8 Å². The summed E-state index contributed by atoms with van der Waals surface area (Å²) in [6.45, 7) is 0.759. The molecule has 0 bridgehead atoms. The Kier molecular flexibility index (Phi) is 11.1. The van der Waals surface area contributed by atoms with Crippen LogP contribution in [0.25, 0.3) is 17.1 Å². The van der Waals surface area contributed by atoms with Gasteiger partial charge in [-0.25, -0.2) is 14.3 Å². The van der Waals surface area contributed by atoms with Crippen molar-refractivity contribution in [2.45, 2.75) is 30.8 Å². The standard InChI is InChI=1S/C15H13Cl2N3O2.C13H16N10O5S/c1-2-7-22-13-9-12(10(16)8-11(13)17)20-15(21)19-6-4-3-5-14(19)18-20;1-22-11(7(6-14-22)10-18-21-23(2)19-10)29(25,26)20-13(24)17-12-15-8(27-3)5-9(16-12)28-4/h1,8-9H,3-7H2;5-6H,1-4H3,(H2,15,16,17,20,24). The molecule has 0 radical (unpaired) electrons. The Morgan fingerprint density at radius 1 is 1.06 bits per heavy atom. The van der Waals surface area contributed by atoms with Crippen LogP contribution in [-0.2, 0) is 37.1 Å². The molecule has 4 aromatic heterocycles. The molecule has 51 heavy (non-hydrogen) atoms. The van der Waals surface area contributed by atoms with Crippen LogP contribution in [0.1, 0.15) is 18.7 Å². The van der Waals surface area contributed by atoms with E-state index in [-0.39, 0.29) is 46.4 Å². The Labute approximate surface area is 299 Å². The lowest BCUT2D eigenvalue weighted by Gasteiger charge is -2.10. The minimum absolute atomic E-state index is 0.0299. The number of aryl methyl sites for hydroxylation is 3. The second kappa shape index (κ2) is 15.4. The zero-order valence-corrected chi connectivity index (χ0v) is 29.7. The zero-order chi connectivity index (χ0) is 36.9. The molecule has 0 atom stereocenters. The number of nitrogens with zero attached hydrogens (tertiary/aromatic N) is 11. The Balaban J connectivity index is 0.000000205. The van der Waals surface area contributed by atoms with Crippen LogP contribution in [0.15, 0.2) is 34.2 Å². The number of urea groups is 1. The summed E-state index contributed by atoms with van der Waals surface area (Å²) >= 11 is 12.3. The second-order valence-corrected chi connectivity index (χ2v) is 12.8. The molecule has 23 heteroatoms. The maximum Gasteiger partial charge on any atom is 0.350 e. The van der Waals surface area contributed by atoms with Crippen LogP contribution < -0.4 is 29.9 Å². The number of ether oxygens (including phenoxy) is 3. The summed E-state index contributed by atoms with van der Waals surface area (Å²) in [5.74, 6) is 3.53. The van der Waals surface area contributed by atoms with Crippen molar-refractivity contribution < 1.29 is 27.4 Å². The molecule has 5 heterocycles. The van der Waals surface area contributed by atoms with Crippen LogP contribution in [0.4, 0.5) is 10.7 Å². The number of hydrogen-bond acceptors (Lipinski definition) is 14. The van der Waals surface area contributed by atoms with E-state index in [1.165, 1.54) is 51.3 Å². The van der Waals surface area contributed by atoms with Crippen molar-refractivity contribution in [1.29, 1.82) is 0 Å². The third-order valence-corrected chi connectivity index (χ3v) is 9.00. The number of halogens is 2. The molecule has 20 nitrogen and oxygen atoms in total. The number of sulfonamides is 1. The fraction of sp³-hybridized carbons (Fsp3) is 0.321. The number of rotatable bonds is 9. The Morgan fingerprint density at radius 2 is 1.78 bits per heavy atom. The topological polar surface area (TPSA) is 230 Å². The van der Waals surface area contributed by atoms with Gasteiger partial charge in [-0.3, -0.25) is 14.6 Å². The molecule has 5 aromatic rings. The van der Waals surface area contributed by atoms with Gasteiger partial charge in [-0.15, -0.1) is 21.7 Å². The Morgan fingerprint density at radius 3 is 2.41 bits per heavy atom. The first-order chi connectivity index (χ1) is 24.3. The van der Waals surface area contributed by atoms with Crippen LogP contribution in [0, 0.1) is 12.3 Å². The number of tetrazole rings is 1. The molecular weight excluding hydrogens is 733 g/mol. The number of aromatic nitrogens is 11. The van der Waals surface area contributed by atoms with Gasteiger partial charge in [0.1, 0.15) is 18.2 Å². The molecule has 1 aromatic carbocycles. The van der Waals surface area contributed by atoms with E-state index in [1.54, 1.807) is 10.6 Å². The number of anilines is 1. The van der Waals surface area contributed by atoms with Crippen LogP contribution >= 0.6 is 23.2 Å². The van der Waals surface area contributed by atoms with Crippen molar-refractivity contribution in [2.75, 3.05) is 26.1 Å². The quantitative estimate of drug-likeness (QED) is 0.203. The second-order valence-electron chi connectivity index (χ2n) is 10.4. The van der Waals surface area contributed by atoms with E-state index < -0.39 is 16.1 Å². The fourth-order valence-corrected chi connectivity index (χ4v) is 6.46. The summed E-state index contributed by atoms with van der Waals surface area (Å²) in [7, 11) is 1.27. The summed E-state index contributed by atoms with van der Waals surface area (Å²) in [6.07, 6.45) is 9.22. The maximum atomic E-state index is 12.8. The van der Waals surface area contributed by atoms with Crippen LogP contribution in [0.2, 0.25) is 10.0 Å². The van der Waals surface area contributed by atoms with Gasteiger partial charge in [-0.1, -0.05) is 29.1 Å². The lowest BCUT2D eigenvalue weighted by Crippen LogP contribution is -2.36. The number of methoxy groups -OCH3 is 2. The van der Waals surface area contributed by atoms with Crippen molar-refractivity contribution in [1.82, 2.24) is 59.0 Å². The summed E-state index contributed by atoms with van der Waals surface area (Å²) < 4.78 is 46.7. The Hall–Kier alpha value is -5.72. The summed E-state index contributed by atoms with van der Waals surface area (Å²) in [6, 6.07) is 3.38. The van der Waals surface area contributed by atoms with Crippen molar-refractivity contribution in [2.24, 2.45) is 14.1 Å². The van der Waals surface area contributed by atoms with Gasteiger partial charge in [-0.2, -0.15) is 33.0 Å². The fourth-order valence-electron chi connectivity index (χ4n) is 4.72. The van der Waals surface area contributed by atoms with Crippen molar-refractivity contribution in [3.05, 3.63) is 50.7 Å². The largest absolute Gasteiger partial charge is 0.481 e. The van der Waals surface area contributed by atoms with Crippen LogP contribution in [0.5, 0.6) is 17.5 Å². The van der Waals surface area contributed by atoms with E-state index in [1.807, 2.05) is 4.72 Å². The number of amides is 2. The third kappa shape index (κ3) is 8.19. The lowest BCUT2D eigenvalue weighted by atomic mass is 10.2. The first kappa shape index (κ1) is 36.6. The van der Waals surface area contributed by atoms with Crippen molar-refractivity contribution in [3.8, 4) is 46.9 Å². The highest BCUT2D eigenvalue weighted by Gasteiger charge is 2.29. The molecule has 0 aliphatic carbocycles. The van der Waals surface area contributed by atoms with Crippen molar-refractivity contribution in [3.63, 3.8) is 0 Å². The number of carbonyl (C=O) groups excluding carboxylic acids is 1. The van der Waals surface area contributed by atoms with Gasteiger partial charge >= 0.3 is 11.7 Å². The third-order valence-electron chi connectivity index (χ3n) is 6.95. The SMILES string of the molecule is C#CCOc1cc(-n2nc3n(c2=O)CCCC3)c(Cl)cc1Cl.COc1cc(OC)nc(NC(=O)NS(=O)(=O)c2c(-c3nnn(C)n3)cnn2C)n1. The molecule has 2 N–H and O–H groups in total. The van der Waals surface area contributed by atoms with Gasteiger partial charge < -0.3 is 14.2 Å². The molecule has 0 saturated heterocycles. The zero-order valence-electron chi connectivity index (χ0n) is 27.4. The number of terminal acetylenes is 1. The molecular formula is C28H29Cl2N13O7S. The van der Waals surface area contributed by atoms with Crippen LogP contribution in [0.3, 0.4) is 0 Å². The molecule has 0 spiro atoms. The first-order valence-corrected chi connectivity index (χ1v) is 16.9. The summed E-state index contributed by atoms with van der Waals surface area (Å²) in [5, 5.41) is 22.2. The number of fused-ring (bicyclic) bond motifs is 1. The van der Waals surface area contributed by atoms with E-state index >= 15 is 0 Å². The van der Waals surface area contributed by atoms with Crippen molar-refractivity contribution >= 4 is 45.2 Å². The first-order valence-electron chi connectivity index (χ1n) is 14.7. The minimum atomic E-state index is -4.36. The van der Waals surface area contributed by atoms with Gasteiger partial charge in [-0.05, 0) is 24.1 Å². The molecule has 6 rings (SSSR count). The minimum Gasteiger partial charge on any atom is -0.481 e. The smallest absolute Gasteiger partial charge is 0.350 e. The average molecular weight is 763 g/mol. The summed E-state index contributed by atoms with van der Waals surface area (Å²) in [4.78, 5) is 33.7. The van der Waals surface area contributed by atoms with Gasteiger partial charge in [0, 0.05) is 26.1 Å². The highest BCUT2D eigenvalue weighted by Crippen LogP contribution is 2.33. The molecule has 2 amide bonds. The molecule has 0 saturated carbocycles. The van der Waals surface area contributed by atoms with E-state index in [9.17, 15) is 18.0 Å². The molecule has 1 aliphatic heterocycles. The number of nitrogens with one attached hydrogen (secondary N) is 2. The molecule has 268 valence electrons. The van der Waals surface area contributed by atoms with E-state index in [0.717, 1.165) is 34.6 Å². The van der Waals surface area contributed by atoms with Gasteiger partial charge in [0.05, 0.1) is 54.8 Å². The molecule has 1 aliphatic rings.